The van der Waals surface area contributed by atoms with Crippen molar-refractivity contribution in [2.75, 3.05) is 38.3 Å². The number of aliphatic hydroxyl groups is 3. The van der Waals surface area contributed by atoms with Crippen molar-refractivity contribution in [1.29, 1.82) is 0 Å². The molecular weight excluding hydrogens is 441 g/mol. The number of aliphatic hydroxyl groups excluding tert-OH is 2. The first-order valence-electron chi connectivity index (χ1n) is 11.3. The second-order valence-corrected chi connectivity index (χ2v) is 9.87. The molecule has 2 aliphatic carbocycles. The number of fused-ring (bicyclic) bond motifs is 3. The van der Waals surface area contributed by atoms with Gasteiger partial charge in [0.25, 0.3) is 0 Å². The number of nitrogens with one attached hydrogen (secondary N) is 1. The quantitative estimate of drug-likeness (QED) is 0.516. The highest BCUT2D eigenvalue weighted by atomic mass is 19.4. The van der Waals surface area contributed by atoms with Crippen molar-refractivity contribution in [3.05, 3.63) is 29.5 Å². The summed E-state index contributed by atoms with van der Waals surface area (Å²) in [4.78, 5) is 2.00. The number of hydrogen-bond acceptors (Lipinski definition) is 7. The van der Waals surface area contributed by atoms with E-state index in [4.69, 9.17) is 9.15 Å². The van der Waals surface area contributed by atoms with Crippen LogP contribution in [0.3, 0.4) is 0 Å². The van der Waals surface area contributed by atoms with Crippen molar-refractivity contribution >= 4 is 16.7 Å². The summed E-state index contributed by atoms with van der Waals surface area (Å²) in [6.07, 6.45) is -3.05. The molecule has 33 heavy (non-hydrogen) atoms. The molecule has 0 saturated heterocycles. The topological polar surface area (TPSA) is 98.3 Å². The number of anilines is 1. The van der Waals surface area contributed by atoms with E-state index in [2.05, 4.69) is 5.32 Å². The summed E-state index contributed by atoms with van der Waals surface area (Å²) in [5.74, 6) is 0.313. The van der Waals surface area contributed by atoms with Crippen molar-refractivity contribution in [3.63, 3.8) is 0 Å². The van der Waals surface area contributed by atoms with Crippen LogP contribution in [0.2, 0.25) is 0 Å². The van der Waals surface area contributed by atoms with Crippen LogP contribution in [0.15, 0.2) is 22.6 Å². The zero-order chi connectivity index (χ0) is 23.6. The zero-order valence-corrected chi connectivity index (χ0v) is 18.4. The average molecular weight is 470 g/mol. The van der Waals surface area contributed by atoms with E-state index >= 15 is 0 Å². The van der Waals surface area contributed by atoms with Gasteiger partial charge in [-0.3, -0.25) is 5.32 Å². The number of furan rings is 1. The molecule has 4 N–H and O–H groups in total. The van der Waals surface area contributed by atoms with Gasteiger partial charge in [0.1, 0.15) is 5.58 Å². The first-order valence-corrected chi connectivity index (χ1v) is 11.3. The van der Waals surface area contributed by atoms with E-state index in [-0.39, 0.29) is 29.8 Å². The van der Waals surface area contributed by atoms with Crippen LogP contribution in [0, 0.1) is 11.3 Å². The number of rotatable bonds is 6. The molecule has 2 unspecified atom stereocenters. The number of nitrogens with zero attached hydrogens (tertiary/aromatic N) is 1. The Hall–Kier alpha value is -1.85. The van der Waals surface area contributed by atoms with Crippen LogP contribution < -0.4 is 10.2 Å². The van der Waals surface area contributed by atoms with E-state index in [9.17, 15) is 28.5 Å². The smallest absolute Gasteiger partial charge is 0.416 e. The Morgan fingerprint density at radius 3 is 2.64 bits per heavy atom. The summed E-state index contributed by atoms with van der Waals surface area (Å²) in [7, 11) is 1.64. The molecule has 1 aliphatic heterocycles. The van der Waals surface area contributed by atoms with Gasteiger partial charge in [-0.25, -0.2) is 0 Å². The van der Waals surface area contributed by atoms with Gasteiger partial charge in [0.05, 0.1) is 29.6 Å². The zero-order valence-electron chi connectivity index (χ0n) is 18.4. The van der Waals surface area contributed by atoms with E-state index in [0.29, 0.717) is 49.1 Å². The fraction of sp³-hybridized carbons (Fsp3) is 0.652. The van der Waals surface area contributed by atoms with E-state index in [0.717, 1.165) is 25.0 Å². The molecule has 2 heterocycles. The van der Waals surface area contributed by atoms with Crippen LogP contribution >= 0.6 is 0 Å². The standard InChI is InChI=1S/C23H29F3N2O5/c1-32-19(13-9-22(31,10-13)12-29)21(4-5-21)11-28-7-6-27-20(30)18-17(28)15-8-14(23(24,25)26)2-3-16(15)33-18/h2-3,8,13,19-20,27,29-31H,4-7,9-12H2,1H3. The largest absolute Gasteiger partial charge is 0.455 e. The summed E-state index contributed by atoms with van der Waals surface area (Å²) >= 11 is 0. The Morgan fingerprint density at radius 1 is 1.30 bits per heavy atom. The molecule has 1 aromatic heterocycles. The lowest BCUT2D eigenvalue weighted by Crippen LogP contribution is -2.54. The molecule has 1 aromatic carbocycles. The summed E-state index contributed by atoms with van der Waals surface area (Å²) in [5, 5.41) is 33.5. The number of hydrogen-bond donors (Lipinski definition) is 4. The number of ether oxygens (including phenoxy) is 1. The van der Waals surface area contributed by atoms with Crippen LogP contribution in [0.25, 0.3) is 11.0 Å². The molecule has 5 rings (SSSR count). The Kier molecular flexibility index (Phi) is 5.45. The molecule has 0 radical (unpaired) electrons. The van der Waals surface area contributed by atoms with Gasteiger partial charge < -0.3 is 29.4 Å². The minimum atomic E-state index is -4.49. The number of alkyl halides is 3. The van der Waals surface area contributed by atoms with Crippen molar-refractivity contribution in [2.24, 2.45) is 11.3 Å². The van der Waals surface area contributed by atoms with Crippen LogP contribution in [0.1, 0.15) is 43.2 Å². The fourth-order valence-electron chi connectivity index (χ4n) is 5.77. The predicted octanol–water partition coefficient (Wildman–Crippen LogP) is 2.78. The monoisotopic (exact) mass is 470 g/mol. The van der Waals surface area contributed by atoms with Gasteiger partial charge in [-0.15, -0.1) is 0 Å². The van der Waals surface area contributed by atoms with Gasteiger partial charge in [-0.2, -0.15) is 13.2 Å². The minimum Gasteiger partial charge on any atom is -0.455 e. The molecule has 2 fully saturated rings. The second kappa shape index (κ2) is 7.84. The summed E-state index contributed by atoms with van der Waals surface area (Å²) in [6.45, 7) is 1.17. The van der Waals surface area contributed by atoms with Gasteiger partial charge in [0, 0.05) is 37.5 Å². The molecule has 2 aromatic rings. The molecule has 2 atom stereocenters. The maximum atomic E-state index is 13.4. The molecule has 0 spiro atoms. The molecule has 0 amide bonds. The van der Waals surface area contributed by atoms with Crippen molar-refractivity contribution in [1.82, 2.24) is 5.32 Å². The van der Waals surface area contributed by atoms with E-state index in [1.54, 1.807) is 7.11 Å². The van der Waals surface area contributed by atoms with Crippen molar-refractivity contribution < 1.29 is 37.6 Å². The highest BCUT2D eigenvalue weighted by molar-refractivity contribution is 5.94. The fourth-order valence-corrected chi connectivity index (χ4v) is 5.77. The van der Waals surface area contributed by atoms with Crippen molar-refractivity contribution in [2.45, 2.75) is 49.8 Å². The maximum Gasteiger partial charge on any atom is 0.416 e. The van der Waals surface area contributed by atoms with Gasteiger partial charge in [0.15, 0.2) is 12.0 Å². The van der Waals surface area contributed by atoms with Crippen LogP contribution in [-0.2, 0) is 10.9 Å². The van der Waals surface area contributed by atoms with E-state index < -0.39 is 23.6 Å². The summed E-state index contributed by atoms with van der Waals surface area (Å²) in [6, 6.07) is 3.37. The first kappa shape index (κ1) is 22.9. The Bertz CT molecular complexity index is 1030. The number of halogens is 3. The van der Waals surface area contributed by atoms with Crippen LogP contribution in [0.4, 0.5) is 18.9 Å². The summed E-state index contributed by atoms with van der Waals surface area (Å²) in [5.41, 5.74) is -1.26. The lowest BCUT2D eigenvalue weighted by atomic mass is 9.65. The Balaban J connectivity index is 1.49. The van der Waals surface area contributed by atoms with Gasteiger partial charge in [-0.1, -0.05) is 0 Å². The Labute approximate surface area is 189 Å². The highest BCUT2D eigenvalue weighted by Crippen LogP contribution is 2.57. The molecular formula is C23H29F3N2O5. The number of benzene rings is 1. The molecule has 2 saturated carbocycles. The predicted molar refractivity (Wildman–Crippen MR) is 114 cm³/mol. The molecule has 0 bridgehead atoms. The third kappa shape index (κ3) is 3.91. The van der Waals surface area contributed by atoms with Gasteiger partial charge in [0.2, 0.25) is 0 Å². The lowest BCUT2D eigenvalue weighted by Gasteiger charge is -2.48. The highest BCUT2D eigenvalue weighted by Gasteiger charge is 2.58. The molecule has 3 aliphatic rings. The average Bonchev–Trinajstić information content (AvgIpc) is 3.44. The molecule has 7 nitrogen and oxygen atoms in total. The SMILES string of the molecule is COC(C1CC(O)(CO)C1)C1(CN2CCNC(O)c3oc4ccc(C(F)(F)F)cc4c32)CC1. The van der Waals surface area contributed by atoms with Crippen molar-refractivity contribution in [3.8, 4) is 0 Å². The number of methoxy groups -OCH3 is 1. The Morgan fingerprint density at radius 2 is 2.03 bits per heavy atom. The second-order valence-electron chi connectivity index (χ2n) is 9.87. The van der Waals surface area contributed by atoms with Crippen LogP contribution in [-0.4, -0.2) is 60.4 Å². The van der Waals surface area contributed by atoms with Gasteiger partial charge >= 0.3 is 6.18 Å². The molecule has 182 valence electrons. The lowest BCUT2D eigenvalue weighted by molar-refractivity contribution is -0.154. The summed E-state index contributed by atoms with van der Waals surface area (Å²) < 4.78 is 51.9. The molecule has 10 heteroatoms. The maximum absolute atomic E-state index is 13.4. The normalized spacial score (nSPS) is 30.0. The van der Waals surface area contributed by atoms with E-state index in [1.807, 2.05) is 4.90 Å². The van der Waals surface area contributed by atoms with Crippen LogP contribution in [0.5, 0.6) is 0 Å². The van der Waals surface area contributed by atoms with Gasteiger partial charge in [-0.05, 0) is 49.8 Å². The third-order valence-electron chi connectivity index (χ3n) is 7.56. The minimum absolute atomic E-state index is 0.0998. The van der Waals surface area contributed by atoms with E-state index in [1.165, 1.54) is 6.07 Å². The third-order valence-corrected chi connectivity index (χ3v) is 7.56. The first-order chi connectivity index (χ1) is 15.6.